The molecule has 0 aliphatic heterocycles. The first-order valence-corrected chi connectivity index (χ1v) is 9.00. The molecule has 0 fully saturated rings. The summed E-state index contributed by atoms with van der Waals surface area (Å²) in [5.74, 6) is 0.836. The van der Waals surface area contributed by atoms with Gasteiger partial charge in [-0.25, -0.2) is 4.98 Å². The lowest BCUT2D eigenvalue weighted by Gasteiger charge is -2.12. The molecule has 0 N–H and O–H groups in total. The summed E-state index contributed by atoms with van der Waals surface area (Å²) in [5.41, 5.74) is 3.02. The Morgan fingerprint density at radius 3 is 2.88 bits per heavy atom. The van der Waals surface area contributed by atoms with Gasteiger partial charge in [-0.05, 0) is 29.8 Å². The quantitative estimate of drug-likeness (QED) is 0.519. The van der Waals surface area contributed by atoms with Gasteiger partial charge in [0.1, 0.15) is 27.5 Å². The molecule has 7 heteroatoms. The number of benzene rings is 1. The Kier molecular flexibility index (Phi) is 4.64. The molecule has 0 spiro atoms. The van der Waals surface area contributed by atoms with Crippen molar-refractivity contribution in [1.82, 2.24) is 19.6 Å². The van der Waals surface area contributed by atoms with Crippen molar-refractivity contribution in [2.24, 2.45) is 0 Å². The lowest BCUT2D eigenvalue weighted by atomic mass is 10.1. The van der Waals surface area contributed by atoms with Crippen molar-refractivity contribution in [1.29, 1.82) is 0 Å². The predicted molar refractivity (Wildman–Crippen MR) is 101 cm³/mol. The van der Waals surface area contributed by atoms with Gasteiger partial charge in [0.2, 0.25) is 0 Å². The fraction of sp³-hybridized carbons (Fsp3) is 0.211. The highest BCUT2D eigenvalue weighted by molar-refractivity contribution is 7.14. The number of pyridine rings is 1. The van der Waals surface area contributed by atoms with Gasteiger partial charge in [0.05, 0.1) is 7.11 Å². The fourth-order valence-electron chi connectivity index (χ4n) is 2.81. The first-order chi connectivity index (χ1) is 12.8. The van der Waals surface area contributed by atoms with Crippen LogP contribution in [0.15, 0.2) is 55.0 Å². The second-order valence-electron chi connectivity index (χ2n) is 5.83. The van der Waals surface area contributed by atoms with Crippen molar-refractivity contribution in [3.63, 3.8) is 0 Å². The molecule has 4 rings (SSSR count). The van der Waals surface area contributed by atoms with Gasteiger partial charge >= 0.3 is 0 Å². The van der Waals surface area contributed by atoms with Crippen molar-refractivity contribution in [3.05, 3.63) is 65.6 Å². The normalized spacial score (nSPS) is 12.4. The van der Waals surface area contributed by atoms with E-state index in [1.165, 1.54) is 0 Å². The molecule has 0 radical (unpaired) electrons. The molecular formula is C19H18N4O2S. The molecule has 0 saturated heterocycles. The summed E-state index contributed by atoms with van der Waals surface area (Å²) in [4.78, 5) is 4.32. The SMILES string of the molecule is COc1cccc(CC(OC)c2nnc(-c3ccn4ccnc4c3)s2)c1. The van der Waals surface area contributed by atoms with Crippen LogP contribution in [0.1, 0.15) is 16.7 Å². The largest absolute Gasteiger partial charge is 0.497 e. The van der Waals surface area contributed by atoms with Crippen LogP contribution in [-0.4, -0.2) is 33.8 Å². The van der Waals surface area contributed by atoms with Crippen LogP contribution in [0.4, 0.5) is 0 Å². The summed E-state index contributed by atoms with van der Waals surface area (Å²) < 4.78 is 12.9. The number of aromatic nitrogens is 4. The Labute approximate surface area is 155 Å². The number of rotatable bonds is 6. The first kappa shape index (κ1) is 16.7. The number of hydrogen-bond acceptors (Lipinski definition) is 6. The molecule has 6 nitrogen and oxygen atoms in total. The van der Waals surface area contributed by atoms with Crippen molar-refractivity contribution < 1.29 is 9.47 Å². The molecule has 3 aromatic heterocycles. The molecule has 1 atom stereocenters. The van der Waals surface area contributed by atoms with E-state index in [9.17, 15) is 0 Å². The second-order valence-corrected chi connectivity index (χ2v) is 6.84. The van der Waals surface area contributed by atoms with Gasteiger partial charge in [0.25, 0.3) is 0 Å². The van der Waals surface area contributed by atoms with E-state index >= 15 is 0 Å². The van der Waals surface area contributed by atoms with Crippen molar-refractivity contribution >= 4 is 17.0 Å². The van der Waals surface area contributed by atoms with Crippen LogP contribution in [0.5, 0.6) is 5.75 Å². The Bertz CT molecular complexity index is 1030. The van der Waals surface area contributed by atoms with Gasteiger partial charge in [-0.3, -0.25) is 0 Å². The monoisotopic (exact) mass is 366 g/mol. The molecule has 0 aliphatic carbocycles. The van der Waals surface area contributed by atoms with Crippen molar-refractivity contribution in [2.45, 2.75) is 12.5 Å². The van der Waals surface area contributed by atoms with Crippen molar-refractivity contribution in [3.8, 4) is 16.3 Å². The highest BCUT2D eigenvalue weighted by atomic mass is 32.1. The van der Waals surface area contributed by atoms with Gasteiger partial charge in [-0.15, -0.1) is 10.2 Å². The summed E-state index contributed by atoms with van der Waals surface area (Å²) in [5, 5.41) is 10.4. The first-order valence-electron chi connectivity index (χ1n) is 8.19. The van der Waals surface area contributed by atoms with E-state index in [4.69, 9.17) is 9.47 Å². The number of hydrogen-bond donors (Lipinski definition) is 0. The van der Waals surface area contributed by atoms with Gasteiger partial charge in [0, 0.05) is 37.7 Å². The minimum Gasteiger partial charge on any atom is -0.497 e. The molecule has 0 aliphatic rings. The summed E-state index contributed by atoms with van der Waals surface area (Å²) in [6, 6.07) is 12.0. The predicted octanol–water partition coefficient (Wildman–Crippen LogP) is 3.79. The highest BCUT2D eigenvalue weighted by Gasteiger charge is 2.18. The van der Waals surface area contributed by atoms with E-state index in [-0.39, 0.29) is 6.10 Å². The fourth-order valence-corrected chi connectivity index (χ4v) is 3.73. The molecular weight excluding hydrogens is 348 g/mol. The summed E-state index contributed by atoms with van der Waals surface area (Å²) in [6.07, 6.45) is 6.23. The third kappa shape index (κ3) is 3.31. The van der Waals surface area contributed by atoms with E-state index in [0.29, 0.717) is 6.42 Å². The van der Waals surface area contributed by atoms with Crippen LogP contribution in [-0.2, 0) is 11.2 Å². The van der Waals surface area contributed by atoms with Gasteiger partial charge < -0.3 is 13.9 Å². The molecule has 26 heavy (non-hydrogen) atoms. The molecule has 0 amide bonds. The molecule has 0 bridgehead atoms. The zero-order valence-corrected chi connectivity index (χ0v) is 15.3. The number of nitrogens with zero attached hydrogens (tertiary/aromatic N) is 4. The van der Waals surface area contributed by atoms with E-state index < -0.39 is 0 Å². The number of imidazole rings is 1. The maximum absolute atomic E-state index is 5.67. The summed E-state index contributed by atoms with van der Waals surface area (Å²) in [7, 11) is 3.36. The average Bonchev–Trinajstić information content (AvgIpc) is 3.35. The van der Waals surface area contributed by atoms with E-state index in [2.05, 4.69) is 21.2 Å². The molecule has 1 aromatic carbocycles. The van der Waals surface area contributed by atoms with Gasteiger partial charge in [-0.2, -0.15) is 0 Å². The number of methoxy groups -OCH3 is 2. The maximum atomic E-state index is 5.67. The Balaban J connectivity index is 1.58. The molecule has 1 unspecified atom stereocenters. The smallest absolute Gasteiger partial charge is 0.148 e. The summed E-state index contributed by atoms with van der Waals surface area (Å²) >= 11 is 1.54. The lowest BCUT2D eigenvalue weighted by Crippen LogP contribution is -2.05. The Hall–Kier alpha value is -2.77. The minimum atomic E-state index is -0.150. The Morgan fingerprint density at radius 2 is 2.04 bits per heavy atom. The minimum absolute atomic E-state index is 0.150. The van der Waals surface area contributed by atoms with Crippen LogP contribution in [0.25, 0.3) is 16.2 Å². The van der Waals surface area contributed by atoms with Gasteiger partial charge in [-0.1, -0.05) is 23.5 Å². The third-order valence-corrected chi connectivity index (χ3v) is 5.27. The van der Waals surface area contributed by atoms with Crippen LogP contribution in [0.2, 0.25) is 0 Å². The van der Waals surface area contributed by atoms with E-state index in [1.807, 2.05) is 47.1 Å². The zero-order valence-electron chi connectivity index (χ0n) is 14.5. The van der Waals surface area contributed by atoms with Crippen molar-refractivity contribution in [2.75, 3.05) is 14.2 Å². The van der Waals surface area contributed by atoms with Crippen LogP contribution < -0.4 is 4.74 Å². The van der Waals surface area contributed by atoms with E-state index in [1.54, 1.807) is 31.8 Å². The lowest BCUT2D eigenvalue weighted by molar-refractivity contribution is 0.103. The number of ether oxygens (including phenoxy) is 2. The third-order valence-electron chi connectivity index (χ3n) is 4.20. The Morgan fingerprint density at radius 1 is 1.12 bits per heavy atom. The topological polar surface area (TPSA) is 61.5 Å². The maximum Gasteiger partial charge on any atom is 0.148 e. The molecule has 3 heterocycles. The average molecular weight is 366 g/mol. The second kappa shape index (κ2) is 7.23. The van der Waals surface area contributed by atoms with Crippen LogP contribution in [0.3, 0.4) is 0 Å². The standard InChI is InChI=1S/C19H18N4O2S/c1-24-15-5-3-4-13(10-15)11-16(25-2)19-22-21-18(26-19)14-6-8-23-9-7-20-17(23)12-14/h3-10,12,16H,11H2,1-2H3. The molecule has 132 valence electrons. The highest BCUT2D eigenvalue weighted by Crippen LogP contribution is 2.31. The van der Waals surface area contributed by atoms with Crippen LogP contribution in [0, 0.1) is 0 Å². The van der Waals surface area contributed by atoms with E-state index in [0.717, 1.165) is 32.5 Å². The summed E-state index contributed by atoms with van der Waals surface area (Å²) in [6.45, 7) is 0. The molecule has 0 saturated carbocycles. The van der Waals surface area contributed by atoms with Crippen LogP contribution >= 0.6 is 11.3 Å². The number of fused-ring (bicyclic) bond motifs is 1. The zero-order chi connectivity index (χ0) is 17.9. The van der Waals surface area contributed by atoms with Gasteiger partial charge in [0.15, 0.2) is 0 Å². The molecule has 4 aromatic rings.